The zero-order valence-electron chi connectivity index (χ0n) is 7.21. The summed E-state index contributed by atoms with van der Waals surface area (Å²) in [6, 6.07) is 0. The second-order valence-corrected chi connectivity index (χ2v) is 3.36. The van der Waals surface area contributed by atoms with Crippen molar-refractivity contribution in [2.75, 3.05) is 19.7 Å². The molecule has 0 aromatic rings. The van der Waals surface area contributed by atoms with E-state index in [1.807, 2.05) is 0 Å². The minimum Gasteiger partial charge on any atom is -0.393 e. The molecular formula is C7H10F3NO3. The van der Waals surface area contributed by atoms with Gasteiger partial charge in [0.25, 0.3) is 0 Å². The van der Waals surface area contributed by atoms with Crippen LogP contribution in [0.5, 0.6) is 0 Å². The number of β-amino-alcohol motifs (C(OH)–C–C–N with tert-alkyl or cyclic N) is 1. The topological polar surface area (TPSA) is 60.8 Å². The maximum atomic E-state index is 11.9. The standard InChI is InChI=1S/C7H10F3NO3/c8-7(9,10)5(13)11-2-1-6(14,3-11)4-12/h12,14H,1-4H2. The van der Waals surface area contributed by atoms with Crippen molar-refractivity contribution in [2.45, 2.75) is 18.2 Å². The average Bonchev–Trinajstić information content (AvgIpc) is 2.46. The number of nitrogens with zero attached hydrogens (tertiary/aromatic N) is 1. The molecule has 1 atom stereocenters. The molecular weight excluding hydrogens is 203 g/mol. The Hall–Kier alpha value is -0.820. The molecule has 0 spiro atoms. The highest BCUT2D eigenvalue weighted by atomic mass is 19.4. The molecule has 0 aliphatic carbocycles. The number of aliphatic hydroxyl groups excluding tert-OH is 1. The second kappa shape index (κ2) is 3.39. The fraction of sp³-hybridized carbons (Fsp3) is 0.857. The molecule has 1 fully saturated rings. The zero-order chi connectivity index (χ0) is 11.0. The smallest absolute Gasteiger partial charge is 0.393 e. The van der Waals surface area contributed by atoms with Gasteiger partial charge in [0.05, 0.1) is 13.2 Å². The van der Waals surface area contributed by atoms with E-state index in [4.69, 9.17) is 5.11 Å². The molecule has 0 bridgehead atoms. The van der Waals surface area contributed by atoms with Gasteiger partial charge in [0.15, 0.2) is 0 Å². The highest BCUT2D eigenvalue weighted by Gasteiger charge is 2.47. The Kier molecular flexibility index (Phi) is 2.73. The van der Waals surface area contributed by atoms with E-state index in [1.165, 1.54) is 0 Å². The molecule has 1 aliphatic heterocycles. The van der Waals surface area contributed by atoms with Gasteiger partial charge in [0, 0.05) is 6.54 Å². The minimum atomic E-state index is -4.92. The van der Waals surface area contributed by atoms with Gasteiger partial charge >= 0.3 is 12.1 Å². The Morgan fingerprint density at radius 3 is 2.43 bits per heavy atom. The Morgan fingerprint density at radius 2 is 2.07 bits per heavy atom. The number of rotatable bonds is 1. The monoisotopic (exact) mass is 213 g/mol. The first kappa shape index (κ1) is 11.3. The molecule has 0 aromatic carbocycles. The van der Waals surface area contributed by atoms with Crippen LogP contribution in [0, 0.1) is 0 Å². The average molecular weight is 213 g/mol. The summed E-state index contributed by atoms with van der Waals surface area (Å²) in [5.74, 6) is -1.97. The SMILES string of the molecule is O=C(N1CCC(O)(CO)C1)C(F)(F)F. The molecule has 0 saturated carbocycles. The van der Waals surface area contributed by atoms with Gasteiger partial charge in [-0.2, -0.15) is 13.2 Å². The third-order valence-electron chi connectivity index (χ3n) is 2.16. The predicted molar refractivity (Wildman–Crippen MR) is 39.3 cm³/mol. The predicted octanol–water partition coefficient (Wildman–Crippen LogP) is -0.496. The molecule has 1 saturated heterocycles. The summed E-state index contributed by atoms with van der Waals surface area (Å²) in [7, 11) is 0. The minimum absolute atomic E-state index is 0.0364. The number of hydrogen-bond acceptors (Lipinski definition) is 3. The first-order valence-electron chi connectivity index (χ1n) is 3.98. The van der Waals surface area contributed by atoms with Crippen LogP contribution in [0.2, 0.25) is 0 Å². The van der Waals surface area contributed by atoms with E-state index in [9.17, 15) is 23.1 Å². The lowest BCUT2D eigenvalue weighted by atomic mass is 10.1. The highest BCUT2D eigenvalue weighted by molar-refractivity contribution is 5.82. The van der Waals surface area contributed by atoms with Crippen molar-refractivity contribution in [3.05, 3.63) is 0 Å². The van der Waals surface area contributed by atoms with E-state index in [0.29, 0.717) is 4.90 Å². The van der Waals surface area contributed by atoms with Gasteiger partial charge in [0.2, 0.25) is 0 Å². The second-order valence-electron chi connectivity index (χ2n) is 3.36. The lowest BCUT2D eigenvalue weighted by Crippen LogP contribution is -2.43. The first-order chi connectivity index (χ1) is 6.28. The van der Waals surface area contributed by atoms with Crippen LogP contribution in [0.1, 0.15) is 6.42 Å². The van der Waals surface area contributed by atoms with Gasteiger partial charge < -0.3 is 15.1 Å². The van der Waals surface area contributed by atoms with Crippen LogP contribution in [0.25, 0.3) is 0 Å². The number of amides is 1. The maximum absolute atomic E-state index is 11.9. The van der Waals surface area contributed by atoms with Gasteiger partial charge in [-0.1, -0.05) is 0 Å². The van der Waals surface area contributed by atoms with E-state index in [1.54, 1.807) is 0 Å². The summed E-state index contributed by atoms with van der Waals surface area (Å²) < 4.78 is 35.8. The number of alkyl halides is 3. The van der Waals surface area contributed by atoms with Crippen LogP contribution in [0.4, 0.5) is 13.2 Å². The molecule has 1 amide bonds. The van der Waals surface area contributed by atoms with Crippen molar-refractivity contribution in [1.82, 2.24) is 4.90 Å². The lowest BCUT2D eigenvalue weighted by Gasteiger charge is -2.21. The molecule has 14 heavy (non-hydrogen) atoms. The Labute approximate surface area is 77.9 Å². The number of likely N-dealkylation sites (tertiary alicyclic amines) is 1. The Morgan fingerprint density at radius 1 is 1.50 bits per heavy atom. The zero-order valence-corrected chi connectivity index (χ0v) is 7.21. The normalized spacial score (nSPS) is 28.2. The molecule has 1 heterocycles. The number of aliphatic hydroxyl groups is 2. The summed E-state index contributed by atoms with van der Waals surface area (Å²) in [6.07, 6.45) is -4.95. The molecule has 1 rings (SSSR count). The van der Waals surface area contributed by atoms with E-state index in [-0.39, 0.29) is 13.0 Å². The van der Waals surface area contributed by atoms with Crippen molar-refractivity contribution < 1.29 is 28.2 Å². The number of halogens is 3. The Balaban J connectivity index is 2.63. The number of carbonyl (C=O) groups excluding carboxylic acids is 1. The Bertz CT molecular complexity index is 243. The molecule has 2 N–H and O–H groups in total. The van der Waals surface area contributed by atoms with Crippen LogP contribution in [-0.4, -0.2) is 52.5 Å². The molecule has 7 heteroatoms. The summed E-state index contributed by atoms with van der Waals surface area (Å²) in [4.78, 5) is 11.2. The third-order valence-corrected chi connectivity index (χ3v) is 2.16. The van der Waals surface area contributed by atoms with Crippen LogP contribution < -0.4 is 0 Å². The first-order valence-corrected chi connectivity index (χ1v) is 3.98. The quantitative estimate of drug-likeness (QED) is 0.617. The lowest BCUT2D eigenvalue weighted by molar-refractivity contribution is -0.185. The molecule has 1 aliphatic rings. The maximum Gasteiger partial charge on any atom is 0.471 e. The molecule has 0 aromatic heterocycles. The van der Waals surface area contributed by atoms with Gasteiger partial charge in [-0.15, -0.1) is 0 Å². The van der Waals surface area contributed by atoms with Crippen molar-refractivity contribution in [3.8, 4) is 0 Å². The van der Waals surface area contributed by atoms with Gasteiger partial charge in [-0.3, -0.25) is 4.79 Å². The molecule has 4 nitrogen and oxygen atoms in total. The summed E-state index contributed by atoms with van der Waals surface area (Å²) >= 11 is 0. The van der Waals surface area contributed by atoms with E-state index >= 15 is 0 Å². The van der Waals surface area contributed by atoms with Gasteiger partial charge in [0.1, 0.15) is 5.60 Å². The van der Waals surface area contributed by atoms with Crippen LogP contribution in [-0.2, 0) is 4.79 Å². The van der Waals surface area contributed by atoms with Crippen molar-refractivity contribution in [3.63, 3.8) is 0 Å². The summed E-state index contributed by atoms with van der Waals surface area (Å²) in [6.45, 7) is -1.30. The fourth-order valence-corrected chi connectivity index (χ4v) is 1.34. The van der Waals surface area contributed by atoms with Crippen LogP contribution in [0.3, 0.4) is 0 Å². The van der Waals surface area contributed by atoms with Crippen LogP contribution >= 0.6 is 0 Å². The van der Waals surface area contributed by atoms with Crippen LogP contribution in [0.15, 0.2) is 0 Å². The molecule has 82 valence electrons. The molecule has 1 unspecified atom stereocenters. The fourth-order valence-electron chi connectivity index (χ4n) is 1.34. The van der Waals surface area contributed by atoms with E-state index in [2.05, 4.69) is 0 Å². The van der Waals surface area contributed by atoms with E-state index < -0.39 is 30.8 Å². The highest BCUT2D eigenvalue weighted by Crippen LogP contribution is 2.26. The van der Waals surface area contributed by atoms with Gasteiger partial charge in [-0.25, -0.2) is 0 Å². The van der Waals surface area contributed by atoms with Crippen molar-refractivity contribution >= 4 is 5.91 Å². The van der Waals surface area contributed by atoms with Gasteiger partial charge in [-0.05, 0) is 6.42 Å². The third kappa shape index (κ3) is 2.16. The number of carbonyl (C=O) groups is 1. The van der Waals surface area contributed by atoms with Crippen molar-refractivity contribution in [2.24, 2.45) is 0 Å². The largest absolute Gasteiger partial charge is 0.471 e. The molecule has 0 radical (unpaired) electrons. The number of hydrogen-bond donors (Lipinski definition) is 2. The summed E-state index contributed by atoms with van der Waals surface area (Å²) in [5, 5.41) is 18.0. The van der Waals surface area contributed by atoms with Crippen molar-refractivity contribution in [1.29, 1.82) is 0 Å². The van der Waals surface area contributed by atoms with E-state index in [0.717, 1.165) is 0 Å². The summed E-state index contributed by atoms with van der Waals surface area (Å²) in [5.41, 5.74) is -1.58.